The van der Waals surface area contributed by atoms with E-state index < -0.39 is 0 Å². The molecule has 0 unspecified atom stereocenters. The Labute approximate surface area is 177 Å². The number of hydrogen-bond acceptors (Lipinski definition) is 4. The van der Waals surface area contributed by atoms with Crippen LogP contribution in [0.5, 0.6) is 0 Å². The summed E-state index contributed by atoms with van der Waals surface area (Å²) >= 11 is 0. The van der Waals surface area contributed by atoms with Crippen LogP contribution in [-0.2, 0) is 17.8 Å². The number of nitrogens with zero attached hydrogens (tertiary/aromatic N) is 3. The van der Waals surface area contributed by atoms with Crippen LogP contribution in [0.25, 0.3) is 11.1 Å². The van der Waals surface area contributed by atoms with Gasteiger partial charge in [-0.15, -0.1) is 0 Å². The van der Waals surface area contributed by atoms with E-state index in [-0.39, 0.29) is 11.7 Å². The zero-order chi connectivity index (χ0) is 21.5. The van der Waals surface area contributed by atoms with E-state index in [4.69, 9.17) is 0 Å². The lowest BCUT2D eigenvalue weighted by Crippen LogP contribution is -2.25. The van der Waals surface area contributed by atoms with E-state index in [0.29, 0.717) is 31.5 Å². The van der Waals surface area contributed by atoms with Gasteiger partial charge in [-0.3, -0.25) is 19.6 Å². The van der Waals surface area contributed by atoms with Crippen molar-refractivity contribution in [2.24, 2.45) is 0 Å². The number of amides is 1. The number of carbonyl (C=O) groups is 2. The average Bonchev–Trinajstić information content (AvgIpc) is 2.78. The Hall–Kier alpha value is -3.34. The van der Waals surface area contributed by atoms with E-state index in [0.717, 1.165) is 27.9 Å². The molecule has 5 nitrogen and oxygen atoms in total. The Morgan fingerprint density at radius 3 is 2.17 bits per heavy atom. The van der Waals surface area contributed by atoms with Gasteiger partial charge in [-0.05, 0) is 42.2 Å². The lowest BCUT2D eigenvalue weighted by atomic mass is 10.0. The minimum absolute atomic E-state index is 0.0288. The smallest absolute Gasteiger partial charge is 0.222 e. The van der Waals surface area contributed by atoms with Crippen molar-refractivity contribution in [3.05, 3.63) is 83.4 Å². The van der Waals surface area contributed by atoms with Gasteiger partial charge < -0.3 is 4.90 Å². The van der Waals surface area contributed by atoms with Gasteiger partial charge in [0.15, 0.2) is 5.78 Å². The van der Waals surface area contributed by atoms with Gasteiger partial charge in [0, 0.05) is 50.1 Å². The zero-order valence-corrected chi connectivity index (χ0v) is 17.8. The number of hydrogen-bond donors (Lipinski definition) is 0. The van der Waals surface area contributed by atoms with Gasteiger partial charge in [-0.1, -0.05) is 43.3 Å². The summed E-state index contributed by atoms with van der Waals surface area (Å²) in [4.78, 5) is 34.5. The Balaban J connectivity index is 1.60. The number of aryl methyl sites for hydroxylation is 2. The Morgan fingerprint density at radius 2 is 1.57 bits per heavy atom. The highest BCUT2D eigenvalue weighted by atomic mass is 16.2. The van der Waals surface area contributed by atoms with Gasteiger partial charge >= 0.3 is 0 Å². The maximum absolute atomic E-state index is 12.4. The SMILES string of the molecule is CCC(=O)N(C)Cc1ccc(-c2ccc(C(=O)CCc3ccc(C)nc3)nc2)cc1. The Kier molecular flexibility index (Phi) is 7.07. The molecule has 5 heteroatoms. The fourth-order valence-corrected chi connectivity index (χ4v) is 3.20. The maximum Gasteiger partial charge on any atom is 0.222 e. The molecule has 0 saturated heterocycles. The third kappa shape index (κ3) is 5.60. The van der Waals surface area contributed by atoms with Crippen LogP contribution >= 0.6 is 0 Å². The number of aromatic nitrogens is 2. The van der Waals surface area contributed by atoms with E-state index in [1.54, 1.807) is 17.2 Å². The summed E-state index contributed by atoms with van der Waals surface area (Å²) in [5, 5.41) is 0. The molecule has 0 N–H and O–H groups in total. The van der Waals surface area contributed by atoms with Crippen molar-refractivity contribution in [2.45, 2.75) is 39.7 Å². The average molecular weight is 402 g/mol. The van der Waals surface area contributed by atoms with Crippen LogP contribution in [0.1, 0.15) is 47.1 Å². The standard InChI is InChI=1S/C25H27N3O2/c1-4-25(30)28(3)17-20-7-10-21(11-8-20)22-12-13-23(27-16-22)24(29)14-9-19-6-5-18(2)26-15-19/h5-8,10-13,15-16H,4,9,14,17H2,1-3H3. The quantitative estimate of drug-likeness (QED) is 0.516. The molecular formula is C25H27N3O2. The maximum atomic E-state index is 12.4. The van der Waals surface area contributed by atoms with Crippen molar-refractivity contribution in [3.8, 4) is 11.1 Å². The molecule has 0 aliphatic heterocycles. The van der Waals surface area contributed by atoms with Crippen LogP contribution in [-0.4, -0.2) is 33.6 Å². The number of rotatable bonds is 8. The molecule has 0 saturated carbocycles. The van der Waals surface area contributed by atoms with Crippen molar-refractivity contribution in [1.29, 1.82) is 0 Å². The monoisotopic (exact) mass is 401 g/mol. The fraction of sp³-hybridized carbons (Fsp3) is 0.280. The predicted octanol–water partition coefficient (Wildman–Crippen LogP) is 4.64. The number of benzene rings is 1. The van der Waals surface area contributed by atoms with E-state index in [9.17, 15) is 9.59 Å². The Morgan fingerprint density at radius 1 is 0.867 bits per heavy atom. The lowest BCUT2D eigenvalue weighted by molar-refractivity contribution is -0.130. The summed E-state index contributed by atoms with van der Waals surface area (Å²) in [6, 6.07) is 15.7. The van der Waals surface area contributed by atoms with Crippen molar-refractivity contribution in [1.82, 2.24) is 14.9 Å². The summed E-state index contributed by atoms with van der Waals surface area (Å²) in [5.74, 6) is 0.156. The molecule has 2 aromatic heterocycles. The molecule has 3 aromatic rings. The largest absolute Gasteiger partial charge is 0.341 e. The molecular weight excluding hydrogens is 374 g/mol. The molecule has 1 aromatic carbocycles. The first-order valence-electron chi connectivity index (χ1n) is 10.2. The van der Waals surface area contributed by atoms with Gasteiger partial charge in [0.2, 0.25) is 5.91 Å². The molecule has 0 fully saturated rings. The third-order valence-electron chi connectivity index (χ3n) is 5.10. The molecule has 0 radical (unpaired) electrons. The molecule has 0 aliphatic rings. The van der Waals surface area contributed by atoms with Gasteiger partial charge in [-0.2, -0.15) is 0 Å². The summed E-state index contributed by atoms with van der Waals surface area (Å²) in [7, 11) is 1.81. The van der Waals surface area contributed by atoms with Crippen LogP contribution in [0, 0.1) is 6.92 Å². The van der Waals surface area contributed by atoms with Gasteiger partial charge in [0.25, 0.3) is 0 Å². The minimum Gasteiger partial charge on any atom is -0.341 e. The topological polar surface area (TPSA) is 63.2 Å². The summed E-state index contributed by atoms with van der Waals surface area (Å²) in [6.45, 7) is 4.40. The second-order valence-corrected chi connectivity index (χ2v) is 7.46. The lowest BCUT2D eigenvalue weighted by Gasteiger charge is -2.16. The predicted molar refractivity (Wildman–Crippen MR) is 118 cm³/mol. The number of carbonyl (C=O) groups excluding carboxylic acids is 2. The zero-order valence-electron chi connectivity index (χ0n) is 17.8. The molecule has 154 valence electrons. The molecule has 0 aliphatic carbocycles. The van der Waals surface area contributed by atoms with Crippen LogP contribution < -0.4 is 0 Å². The summed E-state index contributed by atoms with van der Waals surface area (Å²) < 4.78 is 0. The van der Waals surface area contributed by atoms with Crippen LogP contribution in [0.15, 0.2) is 60.9 Å². The molecule has 30 heavy (non-hydrogen) atoms. The van der Waals surface area contributed by atoms with Crippen molar-refractivity contribution in [2.75, 3.05) is 7.05 Å². The molecule has 0 spiro atoms. The number of ketones is 1. The van der Waals surface area contributed by atoms with E-state index in [1.807, 2.05) is 69.6 Å². The Bertz CT molecular complexity index is 994. The molecule has 3 rings (SSSR count). The molecule has 2 heterocycles. The number of pyridine rings is 2. The minimum atomic E-state index is 0.0288. The van der Waals surface area contributed by atoms with E-state index >= 15 is 0 Å². The molecule has 0 bridgehead atoms. The molecule has 1 amide bonds. The van der Waals surface area contributed by atoms with Gasteiger partial charge in [-0.25, -0.2) is 0 Å². The van der Waals surface area contributed by atoms with Crippen molar-refractivity contribution >= 4 is 11.7 Å². The summed E-state index contributed by atoms with van der Waals surface area (Å²) in [6.07, 6.45) is 5.14. The molecule has 0 atom stereocenters. The van der Waals surface area contributed by atoms with E-state index in [2.05, 4.69) is 9.97 Å². The first-order valence-corrected chi connectivity index (χ1v) is 10.2. The normalized spacial score (nSPS) is 10.6. The van der Waals surface area contributed by atoms with Gasteiger partial charge in [0.1, 0.15) is 5.69 Å². The highest BCUT2D eigenvalue weighted by Crippen LogP contribution is 2.20. The van der Waals surface area contributed by atoms with Crippen LogP contribution in [0.3, 0.4) is 0 Å². The van der Waals surface area contributed by atoms with Crippen LogP contribution in [0.2, 0.25) is 0 Å². The highest BCUT2D eigenvalue weighted by Gasteiger charge is 2.10. The van der Waals surface area contributed by atoms with Gasteiger partial charge in [0.05, 0.1) is 0 Å². The second-order valence-electron chi connectivity index (χ2n) is 7.46. The third-order valence-corrected chi connectivity index (χ3v) is 5.10. The van der Waals surface area contributed by atoms with Crippen LogP contribution in [0.4, 0.5) is 0 Å². The number of Topliss-reactive ketones (excluding diaryl/α,β-unsaturated/α-hetero) is 1. The fourth-order valence-electron chi connectivity index (χ4n) is 3.20. The summed E-state index contributed by atoms with van der Waals surface area (Å²) in [5.41, 5.74) is 5.57. The highest BCUT2D eigenvalue weighted by molar-refractivity contribution is 5.94. The van der Waals surface area contributed by atoms with Crippen molar-refractivity contribution in [3.63, 3.8) is 0 Å². The van der Waals surface area contributed by atoms with E-state index in [1.165, 1.54) is 0 Å². The first-order chi connectivity index (χ1) is 14.5. The van der Waals surface area contributed by atoms with Crippen molar-refractivity contribution < 1.29 is 9.59 Å². The first kappa shape index (κ1) is 21.4. The second kappa shape index (κ2) is 9.92.